The molecule has 0 unspecified atom stereocenters. The van der Waals surface area contributed by atoms with Gasteiger partial charge in [-0.25, -0.2) is 4.79 Å². The number of ether oxygens (including phenoxy) is 3. The summed E-state index contributed by atoms with van der Waals surface area (Å²) < 4.78 is 15.5. The average molecular weight is 403 g/mol. The Morgan fingerprint density at radius 2 is 1.62 bits per heavy atom. The van der Waals surface area contributed by atoms with Gasteiger partial charge in [-0.15, -0.1) is 0 Å². The molecule has 2 aromatic rings. The van der Waals surface area contributed by atoms with Crippen LogP contribution >= 0.6 is 0 Å². The molecule has 0 bridgehead atoms. The molecule has 0 aromatic heterocycles. The van der Waals surface area contributed by atoms with Crippen molar-refractivity contribution in [3.63, 3.8) is 0 Å². The van der Waals surface area contributed by atoms with Gasteiger partial charge >= 0.3 is 18.0 Å². The van der Waals surface area contributed by atoms with Crippen LogP contribution in [0.2, 0.25) is 0 Å². The lowest BCUT2D eigenvalue weighted by Crippen LogP contribution is -2.25. The van der Waals surface area contributed by atoms with Gasteiger partial charge in [0.15, 0.2) is 5.92 Å². The van der Waals surface area contributed by atoms with Crippen LogP contribution in [0.5, 0.6) is 11.5 Å². The molecule has 0 radical (unpaired) electrons. The molecular formula is C20H21NO8. The van der Waals surface area contributed by atoms with E-state index in [-0.39, 0.29) is 13.0 Å². The normalized spacial score (nSPS) is 10.3. The number of nitrogens with one attached hydrogen (secondary N) is 1. The van der Waals surface area contributed by atoms with Gasteiger partial charge in [-0.2, -0.15) is 0 Å². The molecule has 0 saturated carbocycles. The molecule has 0 atom stereocenters. The summed E-state index contributed by atoms with van der Waals surface area (Å²) in [7, 11) is 2.97. The molecule has 0 aliphatic heterocycles. The summed E-state index contributed by atoms with van der Waals surface area (Å²) in [6.45, 7) is -0.149. The number of aliphatic carboxylic acids is 2. The molecule has 0 aliphatic carbocycles. The summed E-state index contributed by atoms with van der Waals surface area (Å²) in [5, 5.41) is 20.6. The van der Waals surface area contributed by atoms with Crippen LogP contribution in [-0.4, -0.2) is 42.5 Å². The summed E-state index contributed by atoms with van der Waals surface area (Å²) >= 11 is 0. The summed E-state index contributed by atoms with van der Waals surface area (Å²) in [6.07, 6.45) is -0.906. The third-order valence-corrected chi connectivity index (χ3v) is 4.08. The molecule has 0 saturated heterocycles. The lowest BCUT2D eigenvalue weighted by molar-refractivity contribution is -0.154. The van der Waals surface area contributed by atoms with E-state index in [0.29, 0.717) is 28.3 Å². The number of hydrogen-bond donors (Lipinski definition) is 3. The first-order chi connectivity index (χ1) is 13.8. The summed E-state index contributed by atoms with van der Waals surface area (Å²) in [4.78, 5) is 34.2. The summed E-state index contributed by atoms with van der Waals surface area (Å²) in [5.74, 6) is -3.36. The number of carboxylic acids is 2. The number of methoxy groups -OCH3 is 2. The number of rotatable bonds is 9. The monoisotopic (exact) mass is 403 g/mol. The third-order valence-electron chi connectivity index (χ3n) is 4.08. The highest BCUT2D eigenvalue weighted by Gasteiger charge is 2.26. The van der Waals surface area contributed by atoms with Crippen molar-refractivity contribution in [3.8, 4) is 11.5 Å². The van der Waals surface area contributed by atoms with E-state index in [4.69, 9.17) is 24.4 Å². The Morgan fingerprint density at radius 3 is 2.17 bits per heavy atom. The molecule has 1 amide bonds. The zero-order valence-corrected chi connectivity index (χ0v) is 15.9. The van der Waals surface area contributed by atoms with Crippen molar-refractivity contribution in [2.45, 2.75) is 13.0 Å². The second-order valence-electron chi connectivity index (χ2n) is 6.01. The first-order valence-electron chi connectivity index (χ1n) is 8.53. The highest BCUT2D eigenvalue weighted by Crippen LogP contribution is 2.23. The van der Waals surface area contributed by atoms with E-state index in [1.54, 1.807) is 42.5 Å². The SMILES string of the molecule is COc1ccc(NC(=O)OCc2cc(CC(C(=O)O)C(=O)O)ccc2OC)cc1. The minimum Gasteiger partial charge on any atom is -0.497 e. The Hall–Kier alpha value is -3.75. The molecular weight excluding hydrogens is 382 g/mol. The molecule has 9 heteroatoms. The van der Waals surface area contributed by atoms with Crippen LogP contribution in [-0.2, 0) is 27.4 Å². The highest BCUT2D eigenvalue weighted by molar-refractivity contribution is 5.93. The molecule has 0 fully saturated rings. The Labute approximate surface area is 166 Å². The number of hydrogen-bond acceptors (Lipinski definition) is 6. The van der Waals surface area contributed by atoms with E-state index in [2.05, 4.69) is 5.32 Å². The van der Waals surface area contributed by atoms with Crippen molar-refractivity contribution in [1.29, 1.82) is 0 Å². The molecule has 0 aliphatic rings. The van der Waals surface area contributed by atoms with Gasteiger partial charge in [0.1, 0.15) is 18.1 Å². The van der Waals surface area contributed by atoms with Crippen molar-refractivity contribution >= 4 is 23.7 Å². The smallest absolute Gasteiger partial charge is 0.411 e. The minimum absolute atomic E-state index is 0.149. The molecule has 2 aromatic carbocycles. The number of carbonyl (C=O) groups is 3. The minimum atomic E-state index is -1.57. The van der Waals surface area contributed by atoms with Crippen molar-refractivity contribution in [2.75, 3.05) is 19.5 Å². The first kappa shape index (κ1) is 21.5. The second kappa shape index (κ2) is 9.98. The van der Waals surface area contributed by atoms with Crippen LogP contribution in [0.4, 0.5) is 10.5 Å². The van der Waals surface area contributed by atoms with Gasteiger partial charge in [0, 0.05) is 11.3 Å². The molecule has 2 rings (SSSR count). The van der Waals surface area contributed by atoms with E-state index in [1.807, 2.05) is 0 Å². The van der Waals surface area contributed by atoms with Crippen molar-refractivity contribution in [2.24, 2.45) is 5.92 Å². The van der Waals surface area contributed by atoms with Crippen molar-refractivity contribution in [3.05, 3.63) is 53.6 Å². The van der Waals surface area contributed by atoms with Crippen molar-refractivity contribution < 1.29 is 38.8 Å². The lowest BCUT2D eigenvalue weighted by atomic mass is 9.98. The maximum absolute atomic E-state index is 12.0. The lowest BCUT2D eigenvalue weighted by Gasteiger charge is -2.13. The number of benzene rings is 2. The standard InChI is InChI=1S/C20H21NO8/c1-27-15-6-4-14(5-7-15)21-20(26)29-11-13-9-12(3-8-17(13)28-2)10-16(18(22)23)19(24)25/h3-9,16H,10-11H2,1-2H3,(H,21,26)(H,22,23)(H,24,25). The number of carboxylic acid groups (broad SMARTS) is 2. The van der Waals surface area contributed by atoms with Gasteiger partial charge < -0.3 is 24.4 Å². The van der Waals surface area contributed by atoms with Gasteiger partial charge in [-0.1, -0.05) is 6.07 Å². The molecule has 0 spiro atoms. The van der Waals surface area contributed by atoms with Crippen LogP contribution in [0.1, 0.15) is 11.1 Å². The first-order valence-corrected chi connectivity index (χ1v) is 8.53. The largest absolute Gasteiger partial charge is 0.497 e. The van der Waals surface area contributed by atoms with Crippen LogP contribution in [0.25, 0.3) is 0 Å². The maximum Gasteiger partial charge on any atom is 0.411 e. The number of anilines is 1. The van der Waals surface area contributed by atoms with Gasteiger partial charge in [-0.3, -0.25) is 14.9 Å². The van der Waals surface area contributed by atoms with Crippen LogP contribution in [0, 0.1) is 5.92 Å². The van der Waals surface area contributed by atoms with Crippen LogP contribution in [0.15, 0.2) is 42.5 Å². The van der Waals surface area contributed by atoms with Gasteiger partial charge in [-0.05, 0) is 48.4 Å². The van der Waals surface area contributed by atoms with Gasteiger partial charge in [0.05, 0.1) is 14.2 Å². The van der Waals surface area contributed by atoms with Gasteiger partial charge in [0.2, 0.25) is 0 Å². The van der Waals surface area contributed by atoms with Crippen LogP contribution < -0.4 is 14.8 Å². The average Bonchev–Trinajstić information content (AvgIpc) is 2.70. The Kier molecular flexibility index (Phi) is 7.41. The predicted molar refractivity (Wildman–Crippen MR) is 102 cm³/mol. The zero-order valence-electron chi connectivity index (χ0n) is 15.9. The number of carbonyl (C=O) groups excluding carboxylic acids is 1. The van der Waals surface area contributed by atoms with E-state index in [9.17, 15) is 14.4 Å². The van der Waals surface area contributed by atoms with E-state index in [0.717, 1.165) is 0 Å². The number of amides is 1. The summed E-state index contributed by atoms with van der Waals surface area (Å²) in [6, 6.07) is 11.4. The zero-order chi connectivity index (χ0) is 21.4. The molecule has 154 valence electrons. The second-order valence-corrected chi connectivity index (χ2v) is 6.01. The van der Waals surface area contributed by atoms with E-state index < -0.39 is 23.9 Å². The van der Waals surface area contributed by atoms with Crippen molar-refractivity contribution in [1.82, 2.24) is 0 Å². The topological polar surface area (TPSA) is 131 Å². The fourth-order valence-corrected chi connectivity index (χ4v) is 2.56. The molecule has 9 nitrogen and oxygen atoms in total. The fourth-order valence-electron chi connectivity index (χ4n) is 2.56. The van der Waals surface area contributed by atoms with Gasteiger partial charge in [0.25, 0.3) is 0 Å². The fraction of sp³-hybridized carbons (Fsp3) is 0.250. The Bertz CT molecular complexity index is 865. The van der Waals surface area contributed by atoms with E-state index in [1.165, 1.54) is 14.2 Å². The highest BCUT2D eigenvalue weighted by atomic mass is 16.5. The summed E-state index contributed by atoms with van der Waals surface area (Å²) in [5.41, 5.74) is 1.46. The predicted octanol–water partition coefficient (Wildman–Crippen LogP) is 2.78. The van der Waals surface area contributed by atoms with E-state index >= 15 is 0 Å². The molecule has 0 heterocycles. The Morgan fingerprint density at radius 1 is 0.966 bits per heavy atom. The quantitative estimate of drug-likeness (QED) is 0.545. The molecule has 29 heavy (non-hydrogen) atoms. The van der Waals surface area contributed by atoms with Crippen LogP contribution in [0.3, 0.4) is 0 Å². The Balaban J connectivity index is 2.05. The maximum atomic E-state index is 12.0. The molecule has 3 N–H and O–H groups in total. The third kappa shape index (κ3) is 6.13.